The van der Waals surface area contributed by atoms with Gasteiger partial charge in [-0.1, -0.05) is 0 Å². The molecule has 11 nitrogen and oxygen atoms in total. The number of benzene rings is 1. The maximum absolute atomic E-state index is 13.2. The highest BCUT2D eigenvalue weighted by Crippen LogP contribution is 2.35. The predicted octanol–water partition coefficient (Wildman–Crippen LogP) is 1.01. The number of piperidine rings is 2. The van der Waals surface area contributed by atoms with E-state index in [9.17, 15) is 24.0 Å². The normalized spacial score (nSPS) is 23.9. The Kier molecular flexibility index (Phi) is 7.00. The van der Waals surface area contributed by atoms with Crippen molar-refractivity contribution in [3.05, 3.63) is 29.3 Å². The van der Waals surface area contributed by atoms with Crippen LogP contribution in [0.4, 0.5) is 5.69 Å². The van der Waals surface area contributed by atoms with Gasteiger partial charge in [0, 0.05) is 44.7 Å². The summed E-state index contributed by atoms with van der Waals surface area (Å²) >= 11 is 0. The van der Waals surface area contributed by atoms with E-state index in [0.29, 0.717) is 13.0 Å². The van der Waals surface area contributed by atoms with Gasteiger partial charge in [0.25, 0.3) is 11.8 Å². The number of nitrogens with one attached hydrogen (secondary N) is 1. The van der Waals surface area contributed by atoms with Crippen LogP contribution in [-0.2, 0) is 19.1 Å². The molecule has 1 aromatic rings. The second kappa shape index (κ2) is 10.2. The zero-order valence-corrected chi connectivity index (χ0v) is 20.7. The Morgan fingerprint density at radius 1 is 1.05 bits per heavy atom. The number of imide groups is 2. The molecule has 3 fully saturated rings. The maximum Gasteiger partial charge on any atom is 0.303 e. The van der Waals surface area contributed by atoms with Gasteiger partial charge in [-0.2, -0.15) is 0 Å². The minimum absolute atomic E-state index is 0.0897. The lowest BCUT2D eigenvalue weighted by molar-refractivity contribution is -0.138. The number of anilines is 1. The van der Waals surface area contributed by atoms with E-state index in [-0.39, 0.29) is 36.0 Å². The number of aliphatic carboxylic acids is 1. The first-order valence-corrected chi connectivity index (χ1v) is 12.9. The van der Waals surface area contributed by atoms with Crippen LogP contribution in [0.2, 0.25) is 0 Å². The zero-order valence-electron chi connectivity index (χ0n) is 20.7. The van der Waals surface area contributed by atoms with Gasteiger partial charge in [0.2, 0.25) is 11.8 Å². The van der Waals surface area contributed by atoms with Crippen LogP contribution in [0.5, 0.6) is 0 Å². The van der Waals surface area contributed by atoms with E-state index in [1.165, 1.54) is 0 Å². The van der Waals surface area contributed by atoms with E-state index in [2.05, 4.69) is 15.1 Å². The molecular weight excluding hydrogens is 480 g/mol. The number of fused-ring (bicyclic) bond motifs is 1. The fraction of sp³-hybridized carbons (Fsp3) is 0.577. The number of carbonyl (C=O) groups is 5. The van der Waals surface area contributed by atoms with Crippen LogP contribution in [0.15, 0.2) is 18.2 Å². The number of carboxylic acids is 1. The SMILES string of the molecule is O=C(O)CCCCN1CCOC2(CCN(c3ccc4c(c3)C(=O)N(C3CCC(=O)NC3=O)C4=O)CC2)C1. The lowest BCUT2D eigenvalue weighted by atomic mass is 9.88. The Labute approximate surface area is 214 Å². The highest BCUT2D eigenvalue weighted by Gasteiger charge is 2.45. The number of morpholine rings is 1. The van der Waals surface area contributed by atoms with Crippen LogP contribution in [0.3, 0.4) is 0 Å². The smallest absolute Gasteiger partial charge is 0.303 e. The molecule has 198 valence electrons. The lowest BCUT2D eigenvalue weighted by Crippen LogP contribution is -2.57. The van der Waals surface area contributed by atoms with Crippen LogP contribution >= 0.6 is 0 Å². The van der Waals surface area contributed by atoms with Gasteiger partial charge >= 0.3 is 5.97 Å². The van der Waals surface area contributed by atoms with Crippen molar-refractivity contribution in [2.45, 2.75) is 56.6 Å². The Morgan fingerprint density at radius 3 is 2.54 bits per heavy atom. The summed E-state index contributed by atoms with van der Waals surface area (Å²) in [4.78, 5) is 66.2. The van der Waals surface area contributed by atoms with E-state index < -0.39 is 35.6 Å². The number of ether oxygens (including phenoxy) is 1. The molecule has 1 atom stereocenters. The quantitative estimate of drug-likeness (QED) is 0.405. The van der Waals surface area contributed by atoms with Gasteiger partial charge in [0.05, 0.1) is 23.3 Å². The molecule has 4 amide bonds. The Hall–Kier alpha value is -3.31. The van der Waals surface area contributed by atoms with Gasteiger partial charge in [-0.25, -0.2) is 0 Å². The Morgan fingerprint density at radius 2 is 1.81 bits per heavy atom. The summed E-state index contributed by atoms with van der Waals surface area (Å²) in [5.74, 6) is -2.77. The molecule has 1 aromatic carbocycles. The standard InChI is InChI=1S/C26H32N4O7/c31-21-7-6-20(23(34)27-21)30-24(35)18-5-4-17(15-19(18)25(30)36)29-11-8-26(9-12-29)16-28(13-14-37-26)10-2-1-3-22(32)33/h4-5,15,20H,1-3,6-14,16H2,(H,32,33)(H,27,31,34). The van der Waals surface area contributed by atoms with Crippen molar-refractivity contribution in [3.8, 4) is 0 Å². The summed E-state index contributed by atoms with van der Waals surface area (Å²) in [6, 6.07) is 4.25. The summed E-state index contributed by atoms with van der Waals surface area (Å²) in [5.41, 5.74) is 1.18. The van der Waals surface area contributed by atoms with Crippen molar-refractivity contribution in [1.82, 2.24) is 15.1 Å². The first-order chi connectivity index (χ1) is 17.8. The molecule has 2 N–H and O–H groups in total. The molecule has 0 aromatic heterocycles. The van der Waals surface area contributed by atoms with Crippen LogP contribution in [0, 0.1) is 0 Å². The molecule has 0 bridgehead atoms. The van der Waals surface area contributed by atoms with E-state index in [0.717, 1.165) is 62.6 Å². The molecule has 1 unspecified atom stereocenters. The molecular formula is C26H32N4O7. The average Bonchev–Trinajstić information content (AvgIpc) is 3.12. The fourth-order valence-electron chi connectivity index (χ4n) is 5.86. The minimum atomic E-state index is -0.973. The van der Waals surface area contributed by atoms with E-state index in [1.807, 2.05) is 6.07 Å². The number of rotatable bonds is 7. The molecule has 0 saturated carbocycles. The van der Waals surface area contributed by atoms with Gasteiger partial charge in [-0.15, -0.1) is 0 Å². The third-order valence-corrected chi connectivity index (χ3v) is 7.91. The zero-order chi connectivity index (χ0) is 26.2. The van der Waals surface area contributed by atoms with Crippen molar-refractivity contribution in [1.29, 1.82) is 0 Å². The van der Waals surface area contributed by atoms with Gasteiger partial charge in [-0.05, 0) is 56.8 Å². The first-order valence-electron chi connectivity index (χ1n) is 12.9. The average molecular weight is 513 g/mol. The third-order valence-electron chi connectivity index (χ3n) is 7.91. The van der Waals surface area contributed by atoms with Crippen molar-refractivity contribution in [2.24, 2.45) is 0 Å². The second-order valence-corrected chi connectivity index (χ2v) is 10.3. The Bertz CT molecular complexity index is 1130. The summed E-state index contributed by atoms with van der Waals surface area (Å²) in [6.45, 7) is 4.68. The molecule has 4 aliphatic rings. The number of carbonyl (C=O) groups excluding carboxylic acids is 4. The van der Waals surface area contributed by atoms with E-state index >= 15 is 0 Å². The largest absolute Gasteiger partial charge is 0.481 e. The maximum atomic E-state index is 13.2. The summed E-state index contributed by atoms with van der Waals surface area (Å²) < 4.78 is 6.24. The predicted molar refractivity (Wildman–Crippen MR) is 131 cm³/mol. The number of amides is 4. The number of nitrogens with zero attached hydrogens (tertiary/aromatic N) is 3. The molecule has 3 saturated heterocycles. The highest BCUT2D eigenvalue weighted by atomic mass is 16.5. The number of hydrogen-bond acceptors (Lipinski definition) is 8. The third kappa shape index (κ3) is 5.10. The molecule has 37 heavy (non-hydrogen) atoms. The second-order valence-electron chi connectivity index (χ2n) is 10.3. The van der Waals surface area contributed by atoms with E-state index in [4.69, 9.17) is 9.84 Å². The number of hydrogen-bond donors (Lipinski definition) is 2. The fourth-order valence-corrected chi connectivity index (χ4v) is 5.86. The van der Waals surface area contributed by atoms with Crippen molar-refractivity contribution < 1.29 is 33.8 Å². The monoisotopic (exact) mass is 512 g/mol. The molecule has 4 heterocycles. The van der Waals surface area contributed by atoms with Crippen LogP contribution < -0.4 is 10.2 Å². The molecule has 1 spiro atoms. The van der Waals surface area contributed by atoms with Gasteiger partial charge in [0.1, 0.15) is 6.04 Å². The highest BCUT2D eigenvalue weighted by molar-refractivity contribution is 6.23. The summed E-state index contributed by atoms with van der Waals surface area (Å²) in [5, 5.41) is 11.1. The van der Waals surface area contributed by atoms with E-state index in [1.54, 1.807) is 12.1 Å². The molecule has 0 aliphatic carbocycles. The van der Waals surface area contributed by atoms with Crippen LogP contribution in [0.25, 0.3) is 0 Å². The van der Waals surface area contributed by atoms with Crippen molar-refractivity contribution in [3.63, 3.8) is 0 Å². The molecule has 11 heteroatoms. The van der Waals surface area contributed by atoms with Gasteiger partial charge in [-0.3, -0.25) is 39.1 Å². The van der Waals surface area contributed by atoms with Crippen molar-refractivity contribution >= 4 is 35.3 Å². The first kappa shape index (κ1) is 25.3. The van der Waals surface area contributed by atoms with Crippen molar-refractivity contribution in [2.75, 3.05) is 44.2 Å². The van der Waals surface area contributed by atoms with Gasteiger partial charge in [0.15, 0.2) is 0 Å². The van der Waals surface area contributed by atoms with Crippen LogP contribution in [-0.4, -0.2) is 95.5 Å². The number of unbranched alkanes of at least 4 members (excludes halogenated alkanes) is 1. The Balaban J connectivity index is 1.21. The number of carboxylic acid groups (broad SMARTS) is 1. The molecule has 5 rings (SSSR count). The topological polar surface area (TPSA) is 137 Å². The van der Waals surface area contributed by atoms with Gasteiger partial charge < -0.3 is 14.7 Å². The lowest BCUT2D eigenvalue weighted by Gasteiger charge is -2.48. The van der Waals surface area contributed by atoms with Crippen LogP contribution in [0.1, 0.15) is 65.7 Å². The summed E-state index contributed by atoms with van der Waals surface area (Å²) in [7, 11) is 0. The summed E-state index contributed by atoms with van der Waals surface area (Å²) in [6.07, 6.45) is 3.60. The minimum Gasteiger partial charge on any atom is -0.481 e. The molecule has 0 radical (unpaired) electrons. The molecule has 4 aliphatic heterocycles.